The standard InChI is InChI=1S/C15H21N3O/c1-2-10-5-9(1)13-14(10)15(13)18-8-17-6-11(18)12-7-16-3-4-19-12/h6,8-10,12-16H,1-5,7H2. The Hall–Kier alpha value is -0.870. The molecule has 19 heavy (non-hydrogen) atoms. The predicted molar refractivity (Wildman–Crippen MR) is 70.6 cm³/mol. The molecule has 0 amide bonds. The van der Waals surface area contributed by atoms with Gasteiger partial charge >= 0.3 is 0 Å². The van der Waals surface area contributed by atoms with Crippen LogP contribution < -0.4 is 5.32 Å². The van der Waals surface area contributed by atoms with Crippen LogP contribution >= 0.6 is 0 Å². The summed E-state index contributed by atoms with van der Waals surface area (Å²) in [5.74, 6) is 3.95. The maximum Gasteiger partial charge on any atom is 0.111 e. The number of morpholine rings is 1. The van der Waals surface area contributed by atoms with Gasteiger partial charge in [0.15, 0.2) is 0 Å². The van der Waals surface area contributed by atoms with E-state index < -0.39 is 0 Å². The highest BCUT2D eigenvalue weighted by Gasteiger charge is 2.66. The molecule has 3 saturated carbocycles. The average molecular weight is 259 g/mol. The first-order chi connectivity index (χ1) is 9.43. The number of ether oxygens (including phenoxy) is 1. The fraction of sp³-hybridized carbons (Fsp3) is 0.800. The Balaban J connectivity index is 1.43. The van der Waals surface area contributed by atoms with E-state index in [0.717, 1.165) is 49.4 Å². The molecule has 1 saturated heterocycles. The van der Waals surface area contributed by atoms with E-state index >= 15 is 0 Å². The Morgan fingerprint density at radius 3 is 2.84 bits per heavy atom. The molecule has 0 spiro atoms. The summed E-state index contributed by atoms with van der Waals surface area (Å²) in [5.41, 5.74) is 1.30. The third-order valence-electron chi connectivity index (χ3n) is 5.97. The van der Waals surface area contributed by atoms with Crippen molar-refractivity contribution >= 4 is 0 Å². The third-order valence-corrected chi connectivity index (χ3v) is 5.97. The second-order valence-corrected chi connectivity index (χ2v) is 6.77. The summed E-state index contributed by atoms with van der Waals surface area (Å²) in [5, 5.41) is 3.42. The van der Waals surface area contributed by atoms with Crippen molar-refractivity contribution in [1.29, 1.82) is 0 Å². The Kier molecular flexibility index (Phi) is 2.19. The van der Waals surface area contributed by atoms with Crippen LogP contribution in [0.1, 0.15) is 37.1 Å². The molecule has 3 aliphatic carbocycles. The highest BCUT2D eigenvalue weighted by atomic mass is 16.5. The number of nitrogens with one attached hydrogen (secondary N) is 1. The molecule has 2 heterocycles. The molecule has 5 rings (SSSR count). The molecule has 1 N–H and O–H groups in total. The number of aromatic nitrogens is 2. The molecular weight excluding hydrogens is 238 g/mol. The van der Waals surface area contributed by atoms with Gasteiger partial charge in [-0.3, -0.25) is 0 Å². The van der Waals surface area contributed by atoms with E-state index in [1.807, 2.05) is 6.20 Å². The van der Waals surface area contributed by atoms with E-state index in [-0.39, 0.29) is 6.10 Å². The molecule has 1 aromatic heterocycles. The SMILES string of the molecule is c1ncn(C2C3C4CCC(C4)C32)c1C1CNCCO1. The number of nitrogens with zero attached hydrogens (tertiary/aromatic N) is 2. The van der Waals surface area contributed by atoms with Crippen LogP contribution in [0.15, 0.2) is 12.5 Å². The van der Waals surface area contributed by atoms with Gasteiger partial charge in [-0.15, -0.1) is 0 Å². The summed E-state index contributed by atoms with van der Waals surface area (Å²) in [6.07, 6.45) is 8.75. The Morgan fingerprint density at radius 2 is 2.11 bits per heavy atom. The minimum absolute atomic E-state index is 0.204. The van der Waals surface area contributed by atoms with Crippen molar-refractivity contribution in [3.05, 3.63) is 18.2 Å². The van der Waals surface area contributed by atoms with Gasteiger partial charge in [-0.2, -0.15) is 0 Å². The normalized spacial score (nSPS) is 47.4. The lowest BCUT2D eigenvalue weighted by molar-refractivity contribution is 0.0224. The molecule has 4 nitrogen and oxygen atoms in total. The van der Waals surface area contributed by atoms with Crippen LogP contribution in [0, 0.1) is 23.7 Å². The summed E-state index contributed by atoms with van der Waals surface area (Å²) >= 11 is 0. The average Bonchev–Trinajstić information content (AvgIpc) is 2.89. The van der Waals surface area contributed by atoms with E-state index in [4.69, 9.17) is 4.74 Å². The van der Waals surface area contributed by atoms with Gasteiger partial charge in [0.25, 0.3) is 0 Å². The van der Waals surface area contributed by atoms with Crippen molar-refractivity contribution in [1.82, 2.24) is 14.9 Å². The van der Waals surface area contributed by atoms with Crippen molar-refractivity contribution < 1.29 is 4.74 Å². The fourth-order valence-corrected chi connectivity index (χ4v) is 5.22. The predicted octanol–water partition coefficient (Wildman–Crippen LogP) is 1.76. The van der Waals surface area contributed by atoms with Crippen molar-refractivity contribution in [2.45, 2.75) is 31.4 Å². The van der Waals surface area contributed by atoms with Crippen molar-refractivity contribution in [3.63, 3.8) is 0 Å². The minimum atomic E-state index is 0.204. The van der Waals surface area contributed by atoms with E-state index in [1.54, 1.807) is 0 Å². The van der Waals surface area contributed by atoms with Gasteiger partial charge in [-0.05, 0) is 42.9 Å². The lowest BCUT2D eigenvalue weighted by atomic mass is 10.0. The molecule has 5 atom stereocenters. The highest BCUT2D eigenvalue weighted by Crippen LogP contribution is 2.71. The van der Waals surface area contributed by atoms with Gasteiger partial charge in [0.05, 0.1) is 24.8 Å². The number of fused-ring (bicyclic) bond motifs is 5. The highest BCUT2D eigenvalue weighted by molar-refractivity contribution is 5.19. The smallest absolute Gasteiger partial charge is 0.111 e. The first kappa shape index (κ1) is 10.9. The number of imidazole rings is 1. The quantitative estimate of drug-likeness (QED) is 0.879. The Labute approximate surface area is 113 Å². The molecule has 1 aliphatic heterocycles. The molecule has 5 unspecified atom stereocenters. The van der Waals surface area contributed by atoms with Crippen LogP contribution in [-0.4, -0.2) is 29.2 Å². The molecule has 0 aromatic carbocycles. The van der Waals surface area contributed by atoms with Gasteiger partial charge in [-0.25, -0.2) is 4.98 Å². The van der Waals surface area contributed by atoms with E-state index in [0.29, 0.717) is 0 Å². The van der Waals surface area contributed by atoms with Gasteiger partial charge in [-0.1, -0.05) is 0 Å². The Bertz CT molecular complexity index is 477. The maximum atomic E-state index is 5.91. The number of hydrogen-bond donors (Lipinski definition) is 1. The van der Waals surface area contributed by atoms with Crippen molar-refractivity contribution in [3.8, 4) is 0 Å². The summed E-state index contributed by atoms with van der Waals surface area (Å²) in [6, 6.07) is 0.745. The summed E-state index contributed by atoms with van der Waals surface area (Å²) in [7, 11) is 0. The summed E-state index contributed by atoms with van der Waals surface area (Å²) in [6.45, 7) is 2.72. The molecule has 4 aliphatic rings. The van der Waals surface area contributed by atoms with Crippen LogP contribution in [0.3, 0.4) is 0 Å². The second kappa shape index (κ2) is 3.83. The number of rotatable bonds is 2. The van der Waals surface area contributed by atoms with Crippen LogP contribution in [0.2, 0.25) is 0 Å². The lowest BCUT2D eigenvalue weighted by Gasteiger charge is -2.25. The zero-order valence-corrected chi connectivity index (χ0v) is 11.2. The van der Waals surface area contributed by atoms with Gasteiger partial charge in [0.1, 0.15) is 6.10 Å². The van der Waals surface area contributed by atoms with Crippen molar-refractivity contribution in [2.75, 3.05) is 19.7 Å². The van der Waals surface area contributed by atoms with Crippen LogP contribution in [0.4, 0.5) is 0 Å². The monoisotopic (exact) mass is 259 g/mol. The largest absolute Gasteiger partial charge is 0.369 e. The molecule has 4 fully saturated rings. The first-order valence-electron chi connectivity index (χ1n) is 7.77. The Morgan fingerprint density at radius 1 is 1.26 bits per heavy atom. The van der Waals surface area contributed by atoms with Crippen molar-refractivity contribution in [2.24, 2.45) is 23.7 Å². The van der Waals surface area contributed by atoms with Gasteiger partial charge in [0.2, 0.25) is 0 Å². The van der Waals surface area contributed by atoms with Gasteiger partial charge < -0.3 is 14.6 Å². The van der Waals surface area contributed by atoms with Crippen LogP contribution in [0.5, 0.6) is 0 Å². The minimum Gasteiger partial charge on any atom is -0.369 e. The van der Waals surface area contributed by atoms with Crippen LogP contribution in [-0.2, 0) is 4.74 Å². The molecule has 0 radical (unpaired) electrons. The van der Waals surface area contributed by atoms with Gasteiger partial charge in [0, 0.05) is 19.1 Å². The summed E-state index contributed by atoms with van der Waals surface area (Å²) in [4.78, 5) is 4.41. The van der Waals surface area contributed by atoms with E-state index in [9.17, 15) is 0 Å². The third kappa shape index (κ3) is 1.44. The topological polar surface area (TPSA) is 39.1 Å². The molecule has 1 aromatic rings. The molecule has 102 valence electrons. The molecular formula is C15H21N3O. The number of hydrogen-bond acceptors (Lipinski definition) is 3. The molecule has 2 bridgehead atoms. The maximum absolute atomic E-state index is 5.91. The molecule has 4 heteroatoms. The lowest BCUT2D eigenvalue weighted by Crippen LogP contribution is -2.34. The fourth-order valence-electron chi connectivity index (χ4n) is 5.22. The first-order valence-corrected chi connectivity index (χ1v) is 7.77. The van der Waals surface area contributed by atoms with Crippen LogP contribution in [0.25, 0.3) is 0 Å². The van der Waals surface area contributed by atoms with E-state index in [2.05, 4.69) is 21.2 Å². The second-order valence-electron chi connectivity index (χ2n) is 6.77. The van der Waals surface area contributed by atoms with E-state index in [1.165, 1.54) is 25.0 Å². The summed E-state index contributed by atoms with van der Waals surface area (Å²) < 4.78 is 8.36. The zero-order valence-electron chi connectivity index (χ0n) is 11.2. The zero-order chi connectivity index (χ0) is 12.4.